The van der Waals surface area contributed by atoms with Gasteiger partial charge in [-0.2, -0.15) is 0 Å². The number of nitrogens with one attached hydrogen (secondary N) is 1. The van der Waals surface area contributed by atoms with Crippen LogP contribution in [0.5, 0.6) is 0 Å². The van der Waals surface area contributed by atoms with Crippen LogP contribution in [0, 0.1) is 24.5 Å². The number of amides is 2. The number of rotatable bonds is 10. The number of fused-ring (bicyclic) bond motifs is 1. The van der Waals surface area contributed by atoms with Crippen LogP contribution in [0.3, 0.4) is 0 Å². The highest BCUT2D eigenvalue weighted by molar-refractivity contribution is 7.17. The van der Waals surface area contributed by atoms with Gasteiger partial charge in [-0.25, -0.2) is 8.78 Å². The van der Waals surface area contributed by atoms with Gasteiger partial charge in [-0.15, -0.1) is 21.5 Å². The van der Waals surface area contributed by atoms with Gasteiger partial charge >= 0.3 is 0 Å². The number of nitrogens with zero attached hydrogens (tertiary/aromatic N) is 3. The Kier molecular flexibility index (Phi) is 8.77. The molecule has 8 nitrogen and oxygen atoms in total. The fraction of sp³-hybridized carbons (Fsp3) is 0.286. The van der Waals surface area contributed by atoms with Crippen molar-refractivity contribution in [3.05, 3.63) is 111 Å². The molecule has 0 saturated carbocycles. The lowest BCUT2D eigenvalue weighted by Gasteiger charge is -2.19. The molecule has 3 heterocycles. The minimum absolute atomic E-state index is 0.160. The second-order valence-corrected chi connectivity index (χ2v) is 13.0. The molecule has 2 aromatic carbocycles. The van der Waals surface area contributed by atoms with Crippen LogP contribution in [0.25, 0.3) is 21.9 Å². The van der Waals surface area contributed by atoms with Crippen LogP contribution < -0.4 is 11.1 Å². The van der Waals surface area contributed by atoms with Gasteiger partial charge in [-0.1, -0.05) is 32.0 Å². The number of benzene rings is 2. The van der Waals surface area contributed by atoms with E-state index in [4.69, 9.17) is 15.1 Å². The first kappa shape index (κ1) is 31.2. The van der Waals surface area contributed by atoms with E-state index >= 15 is 0 Å². The molecule has 5 aromatic rings. The molecule has 1 atom stereocenters. The molecule has 1 unspecified atom stereocenters. The zero-order chi connectivity index (χ0) is 32.5. The molecule has 11 heteroatoms. The highest BCUT2D eigenvalue weighted by atomic mass is 32.1. The van der Waals surface area contributed by atoms with Crippen molar-refractivity contribution in [2.75, 3.05) is 0 Å². The van der Waals surface area contributed by atoms with Gasteiger partial charge in [0.2, 0.25) is 11.8 Å². The first-order valence-electron chi connectivity index (χ1n) is 15.2. The molecule has 6 rings (SSSR count). The molecule has 3 N–H and O–H groups in total. The van der Waals surface area contributed by atoms with Crippen molar-refractivity contribution in [3.8, 4) is 21.9 Å². The van der Waals surface area contributed by atoms with Gasteiger partial charge < -0.3 is 15.5 Å². The van der Waals surface area contributed by atoms with Crippen molar-refractivity contribution >= 4 is 23.2 Å². The number of pyridine rings is 1. The summed E-state index contributed by atoms with van der Waals surface area (Å²) < 4.78 is 33.3. The van der Waals surface area contributed by atoms with Crippen molar-refractivity contribution in [3.63, 3.8) is 0 Å². The third kappa shape index (κ3) is 6.46. The van der Waals surface area contributed by atoms with E-state index in [1.807, 2.05) is 13.8 Å². The Hall–Kier alpha value is -4.77. The zero-order valence-corrected chi connectivity index (χ0v) is 26.5. The number of aromatic nitrogens is 3. The first-order chi connectivity index (χ1) is 22.1. The second kappa shape index (κ2) is 12.9. The average Bonchev–Trinajstić information content (AvgIpc) is 3.76. The second-order valence-electron chi connectivity index (χ2n) is 11.9. The van der Waals surface area contributed by atoms with E-state index < -0.39 is 5.91 Å². The number of thiophene rings is 1. The molecule has 236 valence electrons. The molecular formula is C35H33F2N5O3S. The minimum Gasteiger partial charge on any atom is -0.421 e. The van der Waals surface area contributed by atoms with Crippen molar-refractivity contribution in [2.45, 2.75) is 58.9 Å². The number of carbonyl (C=O) groups is 2. The lowest BCUT2D eigenvalue weighted by atomic mass is 9.91. The molecule has 2 amide bonds. The standard InChI is InChI=1S/C35H33F2N5O3S/c1-18(2)16-27-30(33(38)43)32(28-14-15-29(46-28)34(44)40-25-13-7-21-17-23(37)10-11-24(21)25)31(35-42-41-19(3)45-35)26(39-27)12-6-20-4-8-22(36)9-5-20/h4-5,8-11,14-15,17-18,25H,6-7,12-13,16H2,1-3H3,(H2,38,43)(H,40,44). The molecule has 46 heavy (non-hydrogen) atoms. The summed E-state index contributed by atoms with van der Waals surface area (Å²) >= 11 is 1.22. The van der Waals surface area contributed by atoms with Gasteiger partial charge in [0.25, 0.3) is 11.8 Å². The van der Waals surface area contributed by atoms with Crippen LogP contribution in [0.1, 0.15) is 80.3 Å². The summed E-state index contributed by atoms with van der Waals surface area (Å²) in [6, 6.07) is 14.2. The lowest BCUT2D eigenvalue weighted by Crippen LogP contribution is -2.26. The van der Waals surface area contributed by atoms with Gasteiger partial charge in [-0.05, 0) is 91.1 Å². The van der Waals surface area contributed by atoms with E-state index in [0.717, 1.165) is 16.7 Å². The first-order valence-corrected chi connectivity index (χ1v) is 16.0. The number of carbonyl (C=O) groups excluding carboxylic acids is 2. The van der Waals surface area contributed by atoms with Crippen molar-refractivity contribution < 1.29 is 22.8 Å². The highest BCUT2D eigenvalue weighted by Crippen LogP contribution is 2.42. The van der Waals surface area contributed by atoms with Crippen LogP contribution in [0.15, 0.2) is 59.0 Å². The van der Waals surface area contributed by atoms with Crippen LogP contribution in [0.4, 0.5) is 8.78 Å². The Morgan fingerprint density at radius 3 is 2.46 bits per heavy atom. The van der Waals surface area contributed by atoms with Crippen LogP contribution in [0.2, 0.25) is 0 Å². The number of primary amides is 1. The molecule has 1 aliphatic carbocycles. The fourth-order valence-corrected chi connectivity index (χ4v) is 6.98. The highest BCUT2D eigenvalue weighted by Gasteiger charge is 2.30. The Morgan fingerprint density at radius 1 is 1.00 bits per heavy atom. The van der Waals surface area contributed by atoms with Crippen molar-refractivity contribution in [1.82, 2.24) is 20.5 Å². The topological polar surface area (TPSA) is 124 Å². The number of nitrogens with two attached hydrogens (primary N) is 1. The molecule has 1 aliphatic rings. The quantitative estimate of drug-likeness (QED) is 0.170. The summed E-state index contributed by atoms with van der Waals surface area (Å²) in [5, 5.41) is 11.4. The van der Waals surface area contributed by atoms with E-state index in [2.05, 4.69) is 15.5 Å². The predicted molar refractivity (Wildman–Crippen MR) is 171 cm³/mol. The minimum atomic E-state index is -0.657. The van der Waals surface area contributed by atoms with E-state index in [1.165, 1.54) is 35.6 Å². The lowest BCUT2D eigenvalue weighted by molar-refractivity contribution is 0.0939. The van der Waals surface area contributed by atoms with E-state index in [0.29, 0.717) is 70.3 Å². The largest absolute Gasteiger partial charge is 0.421 e. The third-order valence-electron chi connectivity index (χ3n) is 8.06. The van der Waals surface area contributed by atoms with Crippen LogP contribution >= 0.6 is 11.3 Å². The number of halogens is 2. The Labute approximate surface area is 269 Å². The molecule has 0 bridgehead atoms. The summed E-state index contributed by atoms with van der Waals surface area (Å²) in [6.07, 6.45) is 2.81. The smallest absolute Gasteiger partial charge is 0.261 e. The summed E-state index contributed by atoms with van der Waals surface area (Å²) in [5.41, 5.74) is 11.1. The van der Waals surface area contributed by atoms with Gasteiger partial charge in [0.05, 0.1) is 33.4 Å². The zero-order valence-electron chi connectivity index (χ0n) is 25.7. The average molecular weight is 642 g/mol. The molecule has 0 saturated heterocycles. The van der Waals surface area contributed by atoms with Gasteiger partial charge in [-0.3, -0.25) is 14.6 Å². The Morgan fingerprint density at radius 2 is 1.76 bits per heavy atom. The molecule has 0 spiro atoms. The van der Waals surface area contributed by atoms with E-state index in [9.17, 15) is 18.4 Å². The van der Waals surface area contributed by atoms with Crippen LogP contribution in [-0.2, 0) is 25.7 Å². The van der Waals surface area contributed by atoms with E-state index in [-0.39, 0.29) is 41.0 Å². The fourth-order valence-electron chi connectivity index (χ4n) is 6.02. The van der Waals surface area contributed by atoms with Crippen molar-refractivity contribution in [2.24, 2.45) is 11.7 Å². The van der Waals surface area contributed by atoms with Crippen molar-refractivity contribution in [1.29, 1.82) is 0 Å². The number of aryl methyl sites for hydroxylation is 4. The molecular weight excluding hydrogens is 608 g/mol. The molecule has 3 aromatic heterocycles. The normalized spacial score (nSPS) is 14.1. The Balaban J connectivity index is 1.44. The maximum absolute atomic E-state index is 13.8. The van der Waals surface area contributed by atoms with Gasteiger partial charge in [0, 0.05) is 17.4 Å². The van der Waals surface area contributed by atoms with Gasteiger partial charge in [0.1, 0.15) is 11.6 Å². The maximum atomic E-state index is 13.8. The van der Waals surface area contributed by atoms with Gasteiger partial charge in [0.15, 0.2) is 0 Å². The summed E-state index contributed by atoms with van der Waals surface area (Å²) in [5.74, 6) is -0.871. The number of hydrogen-bond acceptors (Lipinski definition) is 7. The van der Waals surface area contributed by atoms with E-state index in [1.54, 1.807) is 37.3 Å². The molecule has 0 radical (unpaired) electrons. The summed E-state index contributed by atoms with van der Waals surface area (Å²) in [4.78, 5) is 32.7. The van der Waals surface area contributed by atoms with Crippen LogP contribution in [-0.4, -0.2) is 27.0 Å². The third-order valence-corrected chi connectivity index (χ3v) is 9.16. The maximum Gasteiger partial charge on any atom is 0.261 e. The summed E-state index contributed by atoms with van der Waals surface area (Å²) in [7, 11) is 0. The predicted octanol–water partition coefficient (Wildman–Crippen LogP) is 6.95. The summed E-state index contributed by atoms with van der Waals surface area (Å²) in [6.45, 7) is 5.73. The Bertz CT molecular complexity index is 1930. The number of hydrogen-bond donors (Lipinski definition) is 2. The SMILES string of the molecule is Cc1nnc(-c2c(CCc3ccc(F)cc3)nc(CC(C)C)c(C(N)=O)c2-c2ccc(C(=O)NC3CCc4cc(F)ccc43)s2)o1. The molecule has 0 fully saturated rings. The molecule has 0 aliphatic heterocycles. The monoisotopic (exact) mass is 641 g/mol.